The van der Waals surface area contributed by atoms with Crippen LogP contribution >= 0.6 is 0 Å². The molecule has 0 radical (unpaired) electrons. The maximum Gasteiger partial charge on any atom is 0.408 e. The lowest BCUT2D eigenvalue weighted by atomic mass is 9.73. The maximum absolute atomic E-state index is 13.0. The lowest BCUT2D eigenvalue weighted by molar-refractivity contribution is -0.139. The van der Waals surface area contributed by atoms with Gasteiger partial charge in [-0.25, -0.2) is 4.79 Å². The Hall–Kier alpha value is -3.39. The molecule has 1 atom stereocenters. The molecule has 0 spiro atoms. The highest BCUT2D eigenvalue weighted by molar-refractivity contribution is 5.90. The minimum absolute atomic E-state index is 0.0601. The molecule has 2 aromatic rings. The molecule has 5 rings (SSSR count). The fraction of sp³-hybridized carbons (Fsp3) is 0.444. The summed E-state index contributed by atoms with van der Waals surface area (Å²) in [4.78, 5) is 36.7. The summed E-state index contributed by atoms with van der Waals surface area (Å²) >= 11 is 0. The molecule has 1 unspecified atom stereocenters. The fourth-order valence-corrected chi connectivity index (χ4v) is 5.59. The van der Waals surface area contributed by atoms with Crippen LogP contribution in [0.2, 0.25) is 0 Å². The van der Waals surface area contributed by atoms with E-state index in [2.05, 4.69) is 34.9 Å². The molecule has 1 saturated carbocycles. The van der Waals surface area contributed by atoms with E-state index in [1.54, 1.807) is 0 Å². The highest BCUT2D eigenvalue weighted by atomic mass is 16.6. The zero-order valence-electron chi connectivity index (χ0n) is 19.5. The summed E-state index contributed by atoms with van der Waals surface area (Å²) in [6, 6.07) is 16.3. The number of ether oxygens (including phenoxy) is 2. The molecule has 1 heterocycles. The number of aliphatic carboxylic acids is 1. The second-order valence-electron chi connectivity index (χ2n) is 9.85. The van der Waals surface area contributed by atoms with Gasteiger partial charge >= 0.3 is 12.1 Å². The number of benzene rings is 2. The summed E-state index contributed by atoms with van der Waals surface area (Å²) in [5, 5.41) is 14.6. The first-order valence-corrected chi connectivity index (χ1v) is 12.2. The van der Waals surface area contributed by atoms with E-state index in [1.165, 1.54) is 0 Å². The van der Waals surface area contributed by atoms with Gasteiger partial charge in [0.25, 0.3) is 0 Å². The number of alkyl carbamates (subject to hydrolysis) is 1. The van der Waals surface area contributed by atoms with E-state index in [9.17, 15) is 14.4 Å². The van der Waals surface area contributed by atoms with Crippen molar-refractivity contribution in [3.8, 4) is 11.1 Å². The highest BCUT2D eigenvalue weighted by Crippen LogP contribution is 2.44. The third kappa shape index (κ3) is 4.75. The van der Waals surface area contributed by atoms with E-state index in [0.29, 0.717) is 19.6 Å². The number of carbonyl (C=O) groups is 3. The van der Waals surface area contributed by atoms with Crippen molar-refractivity contribution in [2.75, 3.05) is 26.4 Å². The Labute approximate surface area is 204 Å². The van der Waals surface area contributed by atoms with Crippen molar-refractivity contribution >= 4 is 18.0 Å². The second kappa shape index (κ2) is 9.70. The van der Waals surface area contributed by atoms with Crippen LogP contribution in [0.15, 0.2) is 48.5 Å². The molecule has 2 fully saturated rings. The molecule has 0 bridgehead atoms. The smallest absolute Gasteiger partial charge is 0.408 e. The summed E-state index contributed by atoms with van der Waals surface area (Å²) in [5.41, 5.74) is 3.39. The van der Waals surface area contributed by atoms with E-state index >= 15 is 0 Å². The van der Waals surface area contributed by atoms with Gasteiger partial charge in [0.05, 0.1) is 6.61 Å². The summed E-state index contributed by atoms with van der Waals surface area (Å²) in [5.74, 6) is -0.693. The zero-order chi connectivity index (χ0) is 24.4. The Morgan fingerprint density at radius 2 is 1.66 bits per heavy atom. The number of fused-ring (bicyclic) bond motifs is 3. The number of hydrogen-bond donors (Lipinski definition) is 3. The SMILES string of the molecule is O=C(O)CC1CC(CNC(=O)C2(NC(=O)OCC3c4ccccc4-c4ccccc43)CCOC2)C1. The van der Waals surface area contributed by atoms with Crippen LogP contribution in [0, 0.1) is 11.8 Å². The van der Waals surface area contributed by atoms with Crippen molar-refractivity contribution in [3.63, 3.8) is 0 Å². The molecule has 3 aliphatic rings. The normalized spacial score (nSPS) is 24.7. The number of carboxylic acids is 1. The first-order valence-electron chi connectivity index (χ1n) is 12.2. The monoisotopic (exact) mass is 478 g/mol. The van der Waals surface area contributed by atoms with Crippen molar-refractivity contribution in [1.82, 2.24) is 10.6 Å². The largest absolute Gasteiger partial charge is 0.481 e. The van der Waals surface area contributed by atoms with E-state index in [0.717, 1.165) is 35.1 Å². The quantitative estimate of drug-likeness (QED) is 0.537. The third-order valence-electron chi connectivity index (χ3n) is 7.49. The average Bonchev–Trinajstić information content (AvgIpc) is 3.42. The molecule has 0 aromatic heterocycles. The topological polar surface area (TPSA) is 114 Å². The van der Waals surface area contributed by atoms with Crippen LogP contribution < -0.4 is 10.6 Å². The standard InChI is InChI=1S/C27H30N2O6/c30-24(31)13-17-11-18(12-17)14-28-25(32)27(9-10-34-16-27)29-26(33)35-15-23-21-7-3-1-5-19(21)20-6-2-4-8-22(20)23/h1-8,17-18,23H,9-16H2,(H,28,32)(H,29,33)(H,30,31). The van der Waals surface area contributed by atoms with Gasteiger partial charge in [-0.15, -0.1) is 0 Å². The number of carboxylic acid groups (broad SMARTS) is 1. The van der Waals surface area contributed by atoms with Gasteiger partial charge in [0, 0.05) is 31.9 Å². The molecule has 35 heavy (non-hydrogen) atoms. The van der Waals surface area contributed by atoms with Gasteiger partial charge in [0.1, 0.15) is 12.1 Å². The Morgan fingerprint density at radius 1 is 1.00 bits per heavy atom. The Balaban J connectivity index is 1.17. The van der Waals surface area contributed by atoms with Gasteiger partial charge in [-0.1, -0.05) is 48.5 Å². The first-order chi connectivity index (χ1) is 16.9. The molecule has 8 nitrogen and oxygen atoms in total. The van der Waals surface area contributed by atoms with E-state index in [1.807, 2.05) is 24.3 Å². The van der Waals surface area contributed by atoms with Gasteiger partial charge < -0.3 is 25.2 Å². The Kier molecular flexibility index (Phi) is 6.47. The van der Waals surface area contributed by atoms with Crippen LogP contribution in [-0.4, -0.2) is 55.0 Å². The molecule has 1 saturated heterocycles. The number of amides is 2. The fourth-order valence-electron chi connectivity index (χ4n) is 5.59. The highest BCUT2D eigenvalue weighted by Gasteiger charge is 2.45. The lowest BCUT2D eigenvalue weighted by Gasteiger charge is -2.35. The van der Waals surface area contributed by atoms with Crippen LogP contribution in [0.1, 0.15) is 42.7 Å². The van der Waals surface area contributed by atoms with Crippen LogP contribution in [0.25, 0.3) is 11.1 Å². The first kappa shape index (κ1) is 23.4. The van der Waals surface area contributed by atoms with Gasteiger partial charge in [-0.2, -0.15) is 0 Å². The van der Waals surface area contributed by atoms with Gasteiger partial charge in [-0.05, 0) is 46.9 Å². The molecule has 184 valence electrons. The third-order valence-corrected chi connectivity index (χ3v) is 7.49. The van der Waals surface area contributed by atoms with E-state index in [4.69, 9.17) is 14.6 Å². The van der Waals surface area contributed by atoms with Crippen LogP contribution in [0.4, 0.5) is 4.79 Å². The van der Waals surface area contributed by atoms with Crippen molar-refractivity contribution in [3.05, 3.63) is 59.7 Å². The predicted molar refractivity (Wildman–Crippen MR) is 128 cm³/mol. The van der Waals surface area contributed by atoms with Gasteiger partial charge in [-0.3, -0.25) is 9.59 Å². The lowest BCUT2D eigenvalue weighted by Crippen LogP contribution is -2.60. The summed E-state index contributed by atoms with van der Waals surface area (Å²) in [6.45, 7) is 1.10. The summed E-state index contributed by atoms with van der Waals surface area (Å²) < 4.78 is 11.1. The molecule has 2 aromatic carbocycles. The van der Waals surface area contributed by atoms with Crippen molar-refractivity contribution in [2.45, 2.75) is 37.1 Å². The van der Waals surface area contributed by atoms with Crippen molar-refractivity contribution in [2.24, 2.45) is 11.8 Å². The molecule has 8 heteroatoms. The zero-order valence-corrected chi connectivity index (χ0v) is 19.5. The van der Waals surface area contributed by atoms with Crippen molar-refractivity contribution < 1.29 is 29.0 Å². The molecular weight excluding hydrogens is 448 g/mol. The van der Waals surface area contributed by atoms with E-state index < -0.39 is 17.6 Å². The summed E-state index contributed by atoms with van der Waals surface area (Å²) in [6.07, 6.45) is 1.48. The van der Waals surface area contributed by atoms with Crippen molar-refractivity contribution in [1.29, 1.82) is 0 Å². The molecule has 1 aliphatic heterocycles. The number of nitrogens with one attached hydrogen (secondary N) is 2. The minimum Gasteiger partial charge on any atom is -0.481 e. The van der Waals surface area contributed by atoms with Gasteiger partial charge in [0.15, 0.2) is 0 Å². The van der Waals surface area contributed by atoms with E-state index in [-0.39, 0.29) is 43.3 Å². The van der Waals surface area contributed by atoms with Crippen LogP contribution in [0.5, 0.6) is 0 Å². The molecule has 2 amide bonds. The predicted octanol–water partition coefficient (Wildman–Crippen LogP) is 3.30. The molecule has 3 N–H and O–H groups in total. The van der Waals surface area contributed by atoms with Gasteiger partial charge in [0.2, 0.25) is 5.91 Å². The maximum atomic E-state index is 13.0. The number of carbonyl (C=O) groups excluding carboxylic acids is 2. The molecular formula is C27H30N2O6. The number of hydrogen-bond acceptors (Lipinski definition) is 5. The van der Waals surface area contributed by atoms with Crippen LogP contribution in [0.3, 0.4) is 0 Å². The molecule has 2 aliphatic carbocycles. The Bertz CT molecular complexity index is 1070. The summed E-state index contributed by atoms with van der Waals surface area (Å²) in [7, 11) is 0. The number of rotatable bonds is 8. The minimum atomic E-state index is -1.16. The Morgan fingerprint density at radius 3 is 2.26 bits per heavy atom. The second-order valence-corrected chi connectivity index (χ2v) is 9.85. The van der Waals surface area contributed by atoms with Crippen LogP contribution in [-0.2, 0) is 19.1 Å². The average molecular weight is 479 g/mol.